The van der Waals surface area contributed by atoms with E-state index in [1.165, 1.54) is 51.0 Å². The van der Waals surface area contributed by atoms with Gasteiger partial charge < -0.3 is 4.74 Å². The van der Waals surface area contributed by atoms with Gasteiger partial charge in [0.1, 0.15) is 5.75 Å². The van der Waals surface area contributed by atoms with Crippen LogP contribution >= 0.6 is 0 Å². The van der Waals surface area contributed by atoms with Crippen LogP contribution in [0.5, 0.6) is 5.75 Å². The van der Waals surface area contributed by atoms with Crippen LogP contribution < -0.4 is 4.74 Å². The minimum Gasteiger partial charge on any atom is -0.494 e. The van der Waals surface area contributed by atoms with E-state index < -0.39 is 0 Å². The van der Waals surface area contributed by atoms with Crippen LogP contribution in [0.25, 0.3) is 0 Å². The van der Waals surface area contributed by atoms with E-state index in [0.29, 0.717) is 0 Å². The van der Waals surface area contributed by atoms with Gasteiger partial charge in [-0.25, -0.2) is 0 Å². The molecule has 0 N–H and O–H groups in total. The van der Waals surface area contributed by atoms with E-state index in [1.54, 1.807) is 0 Å². The van der Waals surface area contributed by atoms with Gasteiger partial charge in [0.25, 0.3) is 0 Å². The maximum atomic E-state index is 5.74. The van der Waals surface area contributed by atoms with E-state index in [-0.39, 0.29) is 0 Å². The highest BCUT2D eigenvalue weighted by Gasteiger charge is 2.29. The van der Waals surface area contributed by atoms with Gasteiger partial charge >= 0.3 is 0 Å². The molecule has 20 heavy (non-hydrogen) atoms. The molecule has 3 heteroatoms. The number of hydrogen-bond acceptors (Lipinski definition) is 3. The van der Waals surface area contributed by atoms with Crippen molar-refractivity contribution >= 4 is 0 Å². The van der Waals surface area contributed by atoms with Crippen molar-refractivity contribution in [3.05, 3.63) is 29.8 Å². The smallest absolute Gasteiger partial charge is 0.123 e. The fourth-order valence-corrected chi connectivity index (χ4v) is 3.53. The lowest BCUT2D eigenvalue weighted by Gasteiger charge is -2.24. The van der Waals surface area contributed by atoms with Crippen LogP contribution in [-0.4, -0.2) is 48.6 Å². The fraction of sp³-hybridized carbons (Fsp3) is 0.647. The summed E-state index contributed by atoms with van der Waals surface area (Å²) in [5, 5.41) is 0. The third-order valence-electron chi connectivity index (χ3n) is 4.57. The van der Waals surface area contributed by atoms with E-state index in [4.69, 9.17) is 4.74 Å². The van der Waals surface area contributed by atoms with Crippen LogP contribution in [0.4, 0.5) is 0 Å². The van der Waals surface area contributed by atoms with Gasteiger partial charge in [0, 0.05) is 31.2 Å². The highest BCUT2D eigenvalue weighted by atomic mass is 16.5. The molecule has 1 atom stereocenters. The van der Waals surface area contributed by atoms with Crippen molar-refractivity contribution in [1.82, 2.24) is 9.80 Å². The third kappa shape index (κ3) is 3.15. The summed E-state index contributed by atoms with van der Waals surface area (Å²) >= 11 is 0. The molecule has 1 unspecified atom stereocenters. The lowest BCUT2D eigenvalue weighted by molar-refractivity contribution is 0.228. The second-order valence-corrected chi connectivity index (χ2v) is 5.96. The van der Waals surface area contributed by atoms with Gasteiger partial charge in [0.05, 0.1) is 6.61 Å². The summed E-state index contributed by atoms with van der Waals surface area (Å²) in [5.41, 5.74) is 1.33. The average molecular weight is 274 g/mol. The Morgan fingerprint density at radius 2 is 1.95 bits per heavy atom. The molecule has 110 valence electrons. The Kier molecular flexibility index (Phi) is 4.58. The first-order valence-corrected chi connectivity index (χ1v) is 8.04. The Labute approximate surface area is 122 Å². The number of nitrogens with zero attached hydrogens (tertiary/aromatic N) is 2. The lowest BCUT2D eigenvalue weighted by Crippen LogP contribution is -2.35. The fourth-order valence-electron chi connectivity index (χ4n) is 3.53. The summed E-state index contributed by atoms with van der Waals surface area (Å²) in [6, 6.07) is 9.26. The Hall–Kier alpha value is -1.06. The molecule has 1 aromatic carbocycles. The second-order valence-electron chi connectivity index (χ2n) is 5.96. The summed E-state index contributed by atoms with van der Waals surface area (Å²) in [6.07, 6.45) is 4.12. The number of benzene rings is 1. The maximum Gasteiger partial charge on any atom is 0.123 e. The quantitative estimate of drug-likeness (QED) is 0.821. The van der Waals surface area contributed by atoms with Crippen LogP contribution in [0.3, 0.4) is 0 Å². The zero-order chi connectivity index (χ0) is 13.8. The monoisotopic (exact) mass is 274 g/mol. The molecular weight excluding hydrogens is 248 g/mol. The number of rotatable bonds is 5. The van der Waals surface area contributed by atoms with Crippen molar-refractivity contribution in [3.63, 3.8) is 0 Å². The minimum absolute atomic E-state index is 0.743. The molecule has 3 nitrogen and oxygen atoms in total. The summed E-state index contributed by atoms with van der Waals surface area (Å²) in [6.45, 7) is 8.90. The molecule has 2 heterocycles. The van der Waals surface area contributed by atoms with Crippen LogP contribution in [0, 0.1) is 0 Å². The van der Waals surface area contributed by atoms with E-state index in [0.717, 1.165) is 24.9 Å². The number of likely N-dealkylation sites (tertiary alicyclic amines) is 2. The Balaban J connectivity index is 1.58. The Morgan fingerprint density at radius 1 is 1.15 bits per heavy atom. The first-order chi connectivity index (χ1) is 9.86. The van der Waals surface area contributed by atoms with Crippen molar-refractivity contribution in [2.24, 2.45) is 0 Å². The number of para-hydroxylation sites is 1. The Morgan fingerprint density at radius 3 is 2.75 bits per heavy atom. The first-order valence-electron chi connectivity index (χ1n) is 8.04. The minimum atomic E-state index is 0.743. The molecule has 0 radical (unpaired) electrons. The molecule has 1 aromatic rings. The molecule has 0 spiro atoms. The predicted octanol–water partition coefficient (Wildman–Crippen LogP) is 2.76. The van der Waals surface area contributed by atoms with E-state index in [2.05, 4.69) is 41.0 Å². The molecule has 0 amide bonds. The molecule has 0 saturated carbocycles. The van der Waals surface area contributed by atoms with E-state index in [1.807, 2.05) is 0 Å². The standard InChI is InChI=1S/C17H26N2O/c1-2-20-17-8-4-3-7-15(17)13-18-12-9-16(14-18)19-10-5-6-11-19/h3-4,7-8,16H,2,5-6,9-14H2,1H3. The molecule has 3 rings (SSSR count). The summed E-state index contributed by atoms with van der Waals surface area (Å²) < 4.78 is 5.74. The van der Waals surface area contributed by atoms with Crippen LogP contribution in [0.2, 0.25) is 0 Å². The van der Waals surface area contributed by atoms with Gasteiger partial charge in [-0.3, -0.25) is 9.80 Å². The highest BCUT2D eigenvalue weighted by molar-refractivity contribution is 5.33. The largest absolute Gasteiger partial charge is 0.494 e. The molecule has 0 aromatic heterocycles. The van der Waals surface area contributed by atoms with Gasteiger partial charge in [0.2, 0.25) is 0 Å². The zero-order valence-corrected chi connectivity index (χ0v) is 12.6. The molecule has 2 fully saturated rings. The van der Waals surface area contributed by atoms with Gasteiger partial charge in [-0.2, -0.15) is 0 Å². The maximum absolute atomic E-state index is 5.74. The Bertz CT molecular complexity index is 429. The molecule has 2 aliphatic rings. The van der Waals surface area contributed by atoms with E-state index >= 15 is 0 Å². The lowest BCUT2D eigenvalue weighted by atomic mass is 10.2. The zero-order valence-electron chi connectivity index (χ0n) is 12.6. The molecule has 2 saturated heterocycles. The average Bonchev–Trinajstić information content (AvgIpc) is 3.12. The summed E-state index contributed by atoms with van der Waals surface area (Å²) in [5.74, 6) is 1.06. The van der Waals surface area contributed by atoms with Gasteiger partial charge in [-0.05, 0) is 45.3 Å². The van der Waals surface area contributed by atoms with Gasteiger partial charge in [0.15, 0.2) is 0 Å². The van der Waals surface area contributed by atoms with Crippen molar-refractivity contribution in [1.29, 1.82) is 0 Å². The normalized spacial score (nSPS) is 24.4. The predicted molar refractivity (Wildman–Crippen MR) is 82.1 cm³/mol. The first kappa shape index (κ1) is 13.9. The van der Waals surface area contributed by atoms with Crippen molar-refractivity contribution < 1.29 is 4.74 Å². The SMILES string of the molecule is CCOc1ccccc1CN1CCC(N2CCCC2)C1. The van der Waals surface area contributed by atoms with Crippen LogP contribution in [0.1, 0.15) is 31.7 Å². The third-order valence-corrected chi connectivity index (χ3v) is 4.57. The topological polar surface area (TPSA) is 15.7 Å². The van der Waals surface area contributed by atoms with Crippen molar-refractivity contribution in [2.45, 2.75) is 38.8 Å². The molecular formula is C17H26N2O. The van der Waals surface area contributed by atoms with Crippen LogP contribution in [0.15, 0.2) is 24.3 Å². The second kappa shape index (κ2) is 6.59. The van der Waals surface area contributed by atoms with E-state index in [9.17, 15) is 0 Å². The van der Waals surface area contributed by atoms with Crippen molar-refractivity contribution in [3.8, 4) is 5.75 Å². The van der Waals surface area contributed by atoms with Crippen molar-refractivity contribution in [2.75, 3.05) is 32.8 Å². The number of ether oxygens (including phenoxy) is 1. The molecule has 2 aliphatic heterocycles. The number of hydrogen-bond donors (Lipinski definition) is 0. The highest BCUT2D eigenvalue weighted by Crippen LogP contribution is 2.25. The summed E-state index contributed by atoms with van der Waals surface area (Å²) in [4.78, 5) is 5.27. The molecule has 0 bridgehead atoms. The van der Waals surface area contributed by atoms with Gasteiger partial charge in [-0.1, -0.05) is 18.2 Å². The van der Waals surface area contributed by atoms with Gasteiger partial charge in [-0.15, -0.1) is 0 Å². The molecule has 0 aliphatic carbocycles. The van der Waals surface area contributed by atoms with Crippen LogP contribution in [-0.2, 0) is 6.54 Å². The summed E-state index contributed by atoms with van der Waals surface area (Å²) in [7, 11) is 0.